The van der Waals surface area contributed by atoms with E-state index in [2.05, 4.69) is 15.1 Å². The van der Waals surface area contributed by atoms with Crippen molar-refractivity contribution in [2.45, 2.75) is 6.42 Å². The van der Waals surface area contributed by atoms with Gasteiger partial charge in [0.25, 0.3) is 0 Å². The number of hydrogen-bond donors (Lipinski definition) is 0. The number of carbonyl (C=O) groups is 1. The van der Waals surface area contributed by atoms with Gasteiger partial charge < -0.3 is 9.26 Å². The molecule has 0 aliphatic heterocycles. The number of hydrogen-bond acceptors (Lipinski definition) is 6. The van der Waals surface area contributed by atoms with Gasteiger partial charge >= 0.3 is 0 Å². The minimum Gasteiger partial charge on any atom is -0.377 e. The van der Waals surface area contributed by atoms with Crippen LogP contribution in [0.2, 0.25) is 0 Å². The molecule has 0 bridgehead atoms. The summed E-state index contributed by atoms with van der Waals surface area (Å²) in [5.41, 5.74) is 0.800. The maximum atomic E-state index is 11.3. The van der Waals surface area contributed by atoms with Crippen molar-refractivity contribution in [1.82, 2.24) is 15.1 Å². The van der Waals surface area contributed by atoms with Crippen LogP contribution >= 0.6 is 0 Å². The van der Waals surface area contributed by atoms with Crippen molar-refractivity contribution in [2.75, 3.05) is 13.7 Å². The quantitative estimate of drug-likeness (QED) is 0.763. The molecule has 0 amide bonds. The minimum absolute atomic E-state index is 0.0486. The SMILES string of the molecule is COCC(=O)Cc1nc(-c2ccncc2)no1. The summed E-state index contributed by atoms with van der Waals surface area (Å²) in [6, 6.07) is 3.54. The molecule has 2 heterocycles. The molecule has 0 fully saturated rings. The number of ether oxygens (including phenoxy) is 1. The summed E-state index contributed by atoms with van der Waals surface area (Å²) in [6.45, 7) is 0.0486. The monoisotopic (exact) mass is 233 g/mol. The molecular weight excluding hydrogens is 222 g/mol. The standard InChI is InChI=1S/C11H11N3O3/c1-16-7-9(15)6-10-13-11(14-17-10)8-2-4-12-5-3-8/h2-5H,6-7H2,1H3. The number of methoxy groups -OCH3 is 1. The molecule has 0 aliphatic carbocycles. The second kappa shape index (κ2) is 5.31. The Morgan fingerprint density at radius 1 is 1.41 bits per heavy atom. The average Bonchev–Trinajstić information content (AvgIpc) is 2.79. The molecule has 0 radical (unpaired) electrons. The molecule has 2 aromatic rings. The molecule has 2 aromatic heterocycles. The Morgan fingerprint density at radius 2 is 2.18 bits per heavy atom. The summed E-state index contributed by atoms with van der Waals surface area (Å²) in [5, 5.41) is 3.79. The normalized spacial score (nSPS) is 10.4. The Labute approximate surface area is 97.6 Å². The first kappa shape index (κ1) is 11.4. The first-order chi connectivity index (χ1) is 8.29. The third kappa shape index (κ3) is 2.94. The summed E-state index contributed by atoms with van der Waals surface area (Å²) in [6.07, 6.45) is 3.37. The fourth-order valence-corrected chi connectivity index (χ4v) is 1.33. The smallest absolute Gasteiger partial charge is 0.234 e. The van der Waals surface area contributed by atoms with Crippen LogP contribution in [0.25, 0.3) is 11.4 Å². The van der Waals surface area contributed by atoms with Gasteiger partial charge in [-0.05, 0) is 12.1 Å². The van der Waals surface area contributed by atoms with E-state index in [1.165, 1.54) is 7.11 Å². The molecule has 0 aromatic carbocycles. The molecule has 6 heteroatoms. The minimum atomic E-state index is -0.0996. The highest BCUT2D eigenvalue weighted by molar-refractivity contribution is 5.81. The van der Waals surface area contributed by atoms with Crippen molar-refractivity contribution >= 4 is 5.78 Å². The van der Waals surface area contributed by atoms with E-state index in [1.54, 1.807) is 24.5 Å². The molecule has 0 atom stereocenters. The van der Waals surface area contributed by atoms with Gasteiger partial charge in [0.05, 0.1) is 6.42 Å². The predicted molar refractivity (Wildman–Crippen MR) is 58.1 cm³/mol. The molecule has 0 unspecified atom stereocenters. The van der Waals surface area contributed by atoms with Crippen molar-refractivity contribution in [1.29, 1.82) is 0 Å². The lowest BCUT2D eigenvalue weighted by Crippen LogP contribution is -2.09. The van der Waals surface area contributed by atoms with Crippen LogP contribution < -0.4 is 0 Å². The number of Topliss-reactive ketones (excluding diaryl/α,β-unsaturated/α-hetero) is 1. The molecule has 0 saturated carbocycles. The van der Waals surface area contributed by atoms with E-state index in [9.17, 15) is 4.79 Å². The van der Waals surface area contributed by atoms with Gasteiger partial charge in [-0.2, -0.15) is 4.98 Å². The molecular formula is C11H11N3O3. The zero-order valence-corrected chi connectivity index (χ0v) is 9.29. The van der Waals surface area contributed by atoms with Crippen molar-refractivity contribution in [2.24, 2.45) is 0 Å². The topological polar surface area (TPSA) is 78.1 Å². The maximum absolute atomic E-state index is 11.3. The molecule has 0 aliphatic rings. The molecule has 88 valence electrons. The first-order valence-corrected chi connectivity index (χ1v) is 5.03. The number of ketones is 1. The van der Waals surface area contributed by atoms with Gasteiger partial charge in [0, 0.05) is 25.1 Å². The van der Waals surface area contributed by atoms with Crippen LogP contribution in [0.15, 0.2) is 29.0 Å². The summed E-state index contributed by atoms with van der Waals surface area (Å²) in [7, 11) is 1.47. The third-order valence-corrected chi connectivity index (χ3v) is 2.06. The van der Waals surface area contributed by atoms with Crippen molar-refractivity contribution in [3.63, 3.8) is 0 Å². The number of nitrogens with zero attached hydrogens (tertiary/aromatic N) is 3. The predicted octanol–water partition coefficient (Wildman–Crippen LogP) is 0.890. The van der Waals surface area contributed by atoms with Gasteiger partial charge in [-0.1, -0.05) is 5.16 Å². The van der Waals surface area contributed by atoms with Crippen molar-refractivity contribution in [3.05, 3.63) is 30.4 Å². The largest absolute Gasteiger partial charge is 0.377 e. The van der Waals surface area contributed by atoms with E-state index < -0.39 is 0 Å². The lowest BCUT2D eigenvalue weighted by Gasteiger charge is -1.93. The molecule has 0 spiro atoms. The van der Waals surface area contributed by atoms with Gasteiger partial charge in [0.1, 0.15) is 6.61 Å². The highest BCUT2D eigenvalue weighted by atomic mass is 16.5. The Hall–Kier alpha value is -2.08. The molecule has 0 saturated heterocycles. The van der Waals surface area contributed by atoms with Gasteiger partial charge in [0.2, 0.25) is 11.7 Å². The Morgan fingerprint density at radius 3 is 2.88 bits per heavy atom. The van der Waals surface area contributed by atoms with Gasteiger partial charge in [-0.3, -0.25) is 9.78 Å². The lowest BCUT2D eigenvalue weighted by atomic mass is 10.2. The first-order valence-electron chi connectivity index (χ1n) is 5.03. The average molecular weight is 233 g/mol. The second-order valence-electron chi connectivity index (χ2n) is 3.40. The van der Waals surface area contributed by atoms with Gasteiger partial charge in [-0.15, -0.1) is 0 Å². The summed E-state index contributed by atoms with van der Waals surface area (Å²) in [5.74, 6) is 0.643. The molecule has 17 heavy (non-hydrogen) atoms. The van der Waals surface area contributed by atoms with Crippen LogP contribution in [0, 0.1) is 0 Å². The highest BCUT2D eigenvalue weighted by Gasteiger charge is 2.12. The molecule has 6 nitrogen and oxygen atoms in total. The Balaban J connectivity index is 2.09. The maximum Gasteiger partial charge on any atom is 0.234 e. The van der Waals surface area contributed by atoms with E-state index in [-0.39, 0.29) is 18.8 Å². The summed E-state index contributed by atoms with van der Waals surface area (Å²) in [4.78, 5) is 19.3. The fourth-order valence-electron chi connectivity index (χ4n) is 1.33. The van der Waals surface area contributed by atoms with Gasteiger partial charge in [0.15, 0.2) is 5.78 Å². The van der Waals surface area contributed by atoms with Crippen LogP contribution in [-0.2, 0) is 16.0 Å². The van der Waals surface area contributed by atoms with E-state index in [0.29, 0.717) is 11.7 Å². The van der Waals surface area contributed by atoms with Crippen LogP contribution in [0.3, 0.4) is 0 Å². The Bertz CT molecular complexity index is 496. The van der Waals surface area contributed by atoms with Crippen molar-refractivity contribution < 1.29 is 14.1 Å². The fraction of sp³-hybridized carbons (Fsp3) is 0.273. The molecule has 2 rings (SSSR count). The van der Waals surface area contributed by atoms with Gasteiger partial charge in [-0.25, -0.2) is 0 Å². The van der Waals surface area contributed by atoms with E-state index in [0.717, 1.165) is 5.56 Å². The Kier molecular flexibility index (Phi) is 3.56. The number of pyridine rings is 1. The van der Waals surface area contributed by atoms with Crippen LogP contribution in [0.4, 0.5) is 0 Å². The number of aromatic nitrogens is 3. The van der Waals surface area contributed by atoms with Crippen LogP contribution in [0.5, 0.6) is 0 Å². The van der Waals surface area contributed by atoms with Crippen LogP contribution in [-0.4, -0.2) is 34.6 Å². The highest BCUT2D eigenvalue weighted by Crippen LogP contribution is 2.14. The summed E-state index contributed by atoms with van der Waals surface area (Å²) >= 11 is 0. The zero-order chi connectivity index (χ0) is 12.1. The van der Waals surface area contributed by atoms with E-state index in [1.807, 2.05) is 0 Å². The molecule has 0 N–H and O–H groups in total. The van der Waals surface area contributed by atoms with E-state index >= 15 is 0 Å². The third-order valence-electron chi connectivity index (χ3n) is 2.06. The van der Waals surface area contributed by atoms with Crippen LogP contribution in [0.1, 0.15) is 5.89 Å². The number of rotatable bonds is 5. The summed E-state index contributed by atoms with van der Waals surface area (Å²) < 4.78 is 9.70. The van der Waals surface area contributed by atoms with Crippen molar-refractivity contribution in [3.8, 4) is 11.4 Å². The number of carbonyl (C=O) groups excluding carboxylic acids is 1. The lowest BCUT2D eigenvalue weighted by molar-refractivity contribution is -0.122. The second-order valence-corrected chi connectivity index (χ2v) is 3.40. The van der Waals surface area contributed by atoms with E-state index in [4.69, 9.17) is 9.26 Å². The zero-order valence-electron chi connectivity index (χ0n) is 9.29.